The molecule has 2 aliphatic heterocycles. The van der Waals surface area contributed by atoms with Gasteiger partial charge >= 0.3 is 18.1 Å². The fourth-order valence-electron chi connectivity index (χ4n) is 7.27. The minimum absolute atomic E-state index is 0.0189. The minimum atomic E-state index is -5.24. The van der Waals surface area contributed by atoms with Crippen molar-refractivity contribution in [2.24, 2.45) is 28.6 Å². The number of fused-ring (bicyclic) bond motifs is 1. The van der Waals surface area contributed by atoms with Crippen LogP contribution in [0.2, 0.25) is 0 Å². The lowest BCUT2D eigenvalue weighted by atomic mass is 9.85. The number of carbonyl (C=O) groups excluding carboxylic acids is 6. The van der Waals surface area contributed by atoms with Crippen LogP contribution in [0.5, 0.6) is 0 Å². The maximum absolute atomic E-state index is 14.1. The van der Waals surface area contributed by atoms with E-state index < -0.39 is 77.1 Å². The summed E-state index contributed by atoms with van der Waals surface area (Å²) >= 11 is 0. The van der Waals surface area contributed by atoms with Gasteiger partial charge < -0.3 is 59.1 Å². The molecule has 0 bridgehead atoms. The molecule has 60 heavy (non-hydrogen) atoms. The highest BCUT2D eigenvalue weighted by Gasteiger charge is 2.70. The van der Waals surface area contributed by atoms with E-state index in [9.17, 15) is 41.9 Å². The number of nitrogens with zero attached hydrogens (tertiary/aromatic N) is 1. The van der Waals surface area contributed by atoms with Crippen molar-refractivity contribution in [3.05, 3.63) is 0 Å². The average Bonchev–Trinajstić information content (AvgIpc) is 3.49. The Kier molecular flexibility index (Phi) is 20.6. The monoisotopic (exact) mass is 868 g/mol. The van der Waals surface area contributed by atoms with Gasteiger partial charge in [0.1, 0.15) is 12.1 Å². The number of likely N-dealkylation sites (tertiary alicyclic amines) is 1. The van der Waals surface area contributed by atoms with Gasteiger partial charge in [-0.15, -0.1) is 0 Å². The van der Waals surface area contributed by atoms with Crippen LogP contribution in [0.1, 0.15) is 53.9 Å². The van der Waals surface area contributed by atoms with E-state index >= 15 is 0 Å². The lowest BCUT2D eigenvalue weighted by Gasteiger charge is -2.38. The quantitative estimate of drug-likeness (QED) is 0.0581. The van der Waals surface area contributed by atoms with E-state index in [1.807, 2.05) is 13.8 Å². The fraction of sp³-hybridized carbons (Fsp3) is 0.846. The van der Waals surface area contributed by atoms with Crippen molar-refractivity contribution in [3.63, 3.8) is 0 Å². The number of piperidine rings is 1. The molecule has 0 radical (unpaired) electrons. The second-order valence-electron chi connectivity index (χ2n) is 16.5. The molecule has 1 saturated carbocycles. The van der Waals surface area contributed by atoms with Gasteiger partial charge in [0.25, 0.3) is 0 Å². The molecule has 1 aliphatic carbocycles. The van der Waals surface area contributed by atoms with Crippen LogP contribution in [-0.4, -0.2) is 175 Å². The number of nitrogens with one attached hydrogen (secondary N) is 3. The van der Waals surface area contributed by atoms with Crippen LogP contribution in [0, 0.1) is 28.6 Å². The van der Waals surface area contributed by atoms with Gasteiger partial charge in [0, 0.05) is 19.0 Å². The molecule has 0 aromatic heterocycles. The zero-order chi connectivity index (χ0) is 44.5. The number of rotatable bonds is 29. The molecule has 0 aromatic carbocycles. The first-order chi connectivity index (χ1) is 28.3. The molecule has 4 N–H and O–H groups in total. The number of carbonyl (C=O) groups is 6. The van der Waals surface area contributed by atoms with Crippen molar-refractivity contribution in [2.75, 3.05) is 106 Å². The number of hydrogen-bond acceptors (Lipinski definition) is 14. The highest BCUT2D eigenvalue weighted by molar-refractivity contribution is 5.97. The third-order valence-corrected chi connectivity index (χ3v) is 10.7. The van der Waals surface area contributed by atoms with Crippen LogP contribution < -0.4 is 16.0 Å². The van der Waals surface area contributed by atoms with E-state index in [4.69, 9.17) is 38.3 Å². The maximum atomic E-state index is 14.1. The molecule has 0 aromatic rings. The number of aliphatic hydroxyl groups excluding tert-OH is 1. The van der Waals surface area contributed by atoms with Crippen molar-refractivity contribution in [1.29, 1.82) is 0 Å². The van der Waals surface area contributed by atoms with E-state index in [0.29, 0.717) is 65.8 Å². The standard InChI is InChI=1S/C39H63F3N4O14/c1-37(2,3)32(45-36(53)39(40,41)42)35(52)46-23-26-30(38(26,4)5)31(46)34(51)44-27(22-25-6-8-43-33(25)50)28(48)24-60-29(49)7-10-54-12-14-56-16-18-58-20-21-59-19-17-57-15-13-55-11-9-47/h25-27,30-32,47H,6-24H2,1-5H3,(H,43,50)(H,44,51)(H,45,53)/t25-,26-,27-,30-,31-,32+/m0/s1. The van der Waals surface area contributed by atoms with E-state index in [1.165, 1.54) is 25.7 Å². The Balaban J connectivity index is 1.43. The molecule has 0 spiro atoms. The Morgan fingerprint density at radius 2 is 1.35 bits per heavy atom. The van der Waals surface area contributed by atoms with Crippen LogP contribution >= 0.6 is 0 Å². The lowest BCUT2D eigenvalue weighted by molar-refractivity contribution is -0.176. The summed E-state index contributed by atoms with van der Waals surface area (Å²) in [7, 11) is 0. The van der Waals surface area contributed by atoms with Crippen LogP contribution in [0.25, 0.3) is 0 Å². The van der Waals surface area contributed by atoms with Crippen LogP contribution in [-0.2, 0) is 61.9 Å². The van der Waals surface area contributed by atoms with Gasteiger partial charge in [0.15, 0.2) is 12.4 Å². The first-order valence-electron chi connectivity index (χ1n) is 20.3. The predicted octanol–water partition coefficient (Wildman–Crippen LogP) is 0.168. The predicted molar refractivity (Wildman–Crippen MR) is 204 cm³/mol. The number of halogens is 3. The third kappa shape index (κ3) is 16.1. The molecular formula is C39H63F3N4O14. The molecule has 21 heteroatoms. The molecule has 0 unspecified atom stereocenters. The molecule has 3 rings (SSSR count). The molecule has 2 heterocycles. The summed E-state index contributed by atoms with van der Waals surface area (Å²) in [6.07, 6.45) is -5.15. The zero-order valence-corrected chi connectivity index (χ0v) is 35.2. The Morgan fingerprint density at radius 1 is 0.833 bits per heavy atom. The molecule has 18 nitrogen and oxygen atoms in total. The number of ketones is 1. The Bertz CT molecular complexity index is 1430. The Morgan fingerprint density at radius 3 is 1.82 bits per heavy atom. The fourth-order valence-corrected chi connectivity index (χ4v) is 7.27. The molecule has 344 valence electrons. The number of hydrogen-bond donors (Lipinski definition) is 4. The van der Waals surface area contributed by atoms with Gasteiger partial charge in [-0.1, -0.05) is 34.6 Å². The van der Waals surface area contributed by atoms with Crippen LogP contribution in [0.3, 0.4) is 0 Å². The highest BCUT2D eigenvalue weighted by atomic mass is 19.4. The van der Waals surface area contributed by atoms with E-state index in [1.54, 1.807) is 5.32 Å². The van der Waals surface area contributed by atoms with E-state index in [2.05, 4.69) is 10.6 Å². The smallest absolute Gasteiger partial charge is 0.458 e. The number of ether oxygens (including phenoxy) is 7. The molecule has 4 amide bonds. The second-order valence-corrected chi connectivity index (χ2v) is 16.5. The molecule has 6 atom stereocenters. The summed E-state index contributed by atoms with van der Waals surface area (Å²) in [5.41, 5.74) is -1.57. The normalized spacial score (nSPS) is 21.8. The van der Waals surface area contributed by atoms with E-state index in [0.717, 1.165) is 0 Å². The zero-order valence-electron chi connectivity index (χ0n) is 35.2. The third-order valence-electron chi connectivity index (χ3n) is 10.7. The van der Waals surface area contributed by atoms with Gasteiger partial charge in [-0.25, -0.2) is 0 Å². The molecular weight excluding hydrogens is 805 g/mol. The average molecular weight is 869 g/mol. The first kappa shape index (κ1) is 50.9. The first-order valence-corrected chi connectivity index (χ1v) is 20.3. The van der Waals surface area contributed by atoms with Crippen molar-refractivity contribution >= 4 is 35.4 Å². The summed E-state index contributed by atoms with van der Waals surface area (Å²) in [5.74, 6) is -6.84. The second kappa shape index (κ2) is 24.2. The van der Waals surface area contributed by atoms with Crippen molar-refractivity contribution in [2.45, 2.75) is 78.2 Å². The van der Waals surface area contributed by atoms with E-state index in [-0.39, 0.29) is 70.2 Å². The van der Waals surface area contributed by atoms with Crippen molar-refractivity contribution in [3.8, 4) is 0 Å². The number of esters is 1. The molecule has 3 aliphatic rings. The van der Waals surface area contributed by atoms with Crippen molar-refractivity contribution in [1.82, 2.24) is 20.9 Å². The summed E-state index contributed by atoms with van der Waals surface area (Å²) in [6, 6.07) is -4.09. The number of aliphatic hydroxyl groups is 1. The van der Waals surface area contributed by atoms with Crippen LogP contribution in [0.4, 0.5) is 13.2 Å². The molecule has 3 fully saturated rings. The van der Waals surface area contributed by atoms with Gasteiger partial charge in [-0.3, -0.25) is 28.8 Å². The number of Topliss-reactive ketones (excluding diaryl/α,β-unsaturated/α-hetero) is 1. The maximum Gasteiger partial charge on any atom is 0.471 e. The van der Waals surface area contributed by atoms with Gasteiger partial charge in [-0.05, 0) is 35.5 Å². The Labute approximate surface area is 348 Å². The largest absolute Gasteiger partial charge is 0.471 e. The number of alkyl halides is 3. The van der Waals surface area contributed by atoms with Crippen molar-refractivity contribution < 1.29 is 80.2 Å². The van der Waals surface area contributed by atoms with Gasteiger partial charge in [-0.2, -0.15) is 13.2 Å². The number of amides is 4. The lowest BCUT2D eigenvalue weighted by Crippen LogP contribution is -2.61. The topological polar surface area (TPSA) is 227 Å². The highest BCUT2D eigenvalue weighted by Crippen LogP contribution is 2.65. The Hall–Kier alpha value is -3.47. The molecule has 2 saturated heterocycles. The summed E-state index contributed by atoms with van der Waals surface area (Å²) < 4.78 is 76.9. The SMILES string of the molecule is CC(C)(C)[C@H](NC(=O)C(F)(F)F)C(=O)N1C[C@H]2[C@@H]([C@H]1C(=O)N[C@@H](C[C@@H]1CCNC1=O)C(=O)COC(=O)CCOCCOCCOCCOCCOCCOCCO)C2(C)C. The van der Waals surface area contributed by atoms with Gasteiger partial charge in [0.2, 0.25) is 17.7 Å². The van der Waals surface area contributed by atoms with Gasteiger partial charge in [0.05, 0.1) is 98.4 Å². The van der Waals surface area contributed by atoms with Crippen LogP contribution in [0.15, 0.2) is 0 Å². The minimum Gasteiger partial charge on any atom is -0.458 e. The summed E-state index contributed by atoms with van der Waals surface area (Å²) in [4.78, 5) is 79.5. The summed E-state index contributed by atoms with van der Waals surface area (Å²) in [6.45, 7) is 11.7. The summed E-state index contributed by atoms with van der Waals surface area (Å²) in [5, 5.41) is 15.8.